The van der Waals surface area contributed by atoms with Crippen molar-refractivity contribution in [2.75, 3.05) is 11.9 Å². The molecule has 104 valence electrons. The van der Waals surface area contributed by atoms with Gasteiger partial charge in [0.25, 0.3) is 5.69 Å². The minimum absolute atomic E-state index is 0.0603. The Morgan fingerprint density at radius 3 is 2.65 bits per heavy atom. The zero-order chi connectivity index (χ0) is 14.7. The van der Waals surface area contributed by atoms with Crippen LogP contribution in [0.4, 0.5) is 21.5 Å². The van der Waals surface area contributed by atoms with E-state index in [0.717, 1.165) is 0 Å². The molecule has 0 aromatic heterocycles. The number of alkyl halides is 1. The summed E-state index contributed by atoms with van der Waals surface area (Å²) in [6.07, 6.45) is 0. The molecule has 4 nitrogen and oxygen atoms in total. The molecule has 2 rings (SSSR count). The van der Waals surface area contributed by atoms with E-state index < -0.39 is 10.7 Å². The summed E-state index contributed by atoms with van der Waals surface area (Å²) >= 11 is 5.69. The minimum atomic E-state index is -0.471. The summed E-state index contributed by atoms with van der Waals surface area (Å²) in [6, 6.07) is 10.6. The van der Waals surface area contributed by atoms with Crippen LogP contribution >= 0.6 is 11.6 Å². The van der Waals surface area contributed by atoms with Gasteiger partial charge in [0, 0.05) is 24.7 Å². The number of nitro benzene ring substituents is 1. The van der Waals surface area contributed by atoms with Gasteiger partial charge in [-0.25, -0.2) is 4.39 Å². The van der Waals surface area contributed by atoms with Crippen LogP contribution in [-0.4, -0.2) is 12.0 Å². The predicted octanol–water partition coefficient (Wildman–Crippen LogP) is 4.24. The van der Waals surface area contributed by atoms with Crippen molar-refractivity contribution in [2.45, 2.75) is 5.88 Å². The average Bonchev–Trinajstić information content (AvgIpc) is 2.45. The lowest BCUT2D eigenvalue weighted by Crippen LogP contribution is -2.12. The lowest BCUT2D eigenvalue weighted by atomic mass is 10.1. The molecule has 2 aromatic carbocycles. The summed E-state index contributed by atoms with van der Waals surface area (Å²) < 4.78 is 13.2. The molecule has 0 amide bonds. The molecule has 0 N–H and O–H groups in total. The van der Waals surface area contributed by atoms with Gasteiger partial charge in [-0.05, 0) is 29.8 Å². The van der Waals surface area contributed by atoms with E-state index in [-0.39, 0.29) is 11.6 Å². The molecule has 0 saturated carbocycles. The topological polar surface area (TPSA) is 46.4 Å². The SMILES string of the molecule is CN(c1cccc(F)c1)c1ccc(CCl)cc1[N+](=O)[O-]. The second kappa shape index (κ2) is 5.88. The summed E-state index contributed by atoms with van der Waals surface area (Å²) in [5.41, 5.74) is 1.52. The summed E-state index contributed by atoms with van der Waals surface area (Å²) in [6.45, 7) is 0. The highest BCUT2D eigenvalue weighted by atomic mass is 35.5. The van der Waals surface area contributed by atoms with Crippen LogP contribution in [0.15, 0.2) is 42.5 Å². The quantitative estimate of drug-likeness (QED) is 0.481. The second-order valence-electron chi connectivity index (χ2n) is 4.25. The first kappa shape index (κ1) is 14.3. The van der Waals surface area contributed by atoms with Crippen LogP contribution in [0.25, 0.3) is 0 Å². The predicted molar refractivity (Wildman–Crippen MR) is 77.1 cm³/mol. The van der Waals surface area contributed by atoms with E-state index in [1.54, 1.807) is 36.2 Å². The third-order valence-electron chi connectivity index (χ3n) is 2.95. The Morgan fingerprint density at radius 2 is 2.05 bits per heavy atom. The van der Waals surface area contributed by atoms with E-state index in [4.69, 9.17) is 11.6 Å². The molecule has 0 aliphatic carbocycles. The van der Waals surface area contributed by atoms with Gasteiger partial charge in [-0.15, -0.1) is 11.6 Å². The number of anilines is 2. The van der Waals surface area contributed by atoms with Crippen LogP contribution in [-0.2, 0) is 5.88 Å². The van der Waals surface area contributed by atoms with Gasteiger partial charge in [-0.2, -0.15) is 0 Å². The first-order valence-electron chi connectivity index (χ1n) is 5.85. The van der Waals surface area contributed by atoms with Crippen molar-refractivity contribution in [3.05, 3.63) is 64.0 Å². The van der Waals surface area contributed by atoms with Crippen LogP contribution in [0.1, 0.15) is 5.56 Å². The van der Waals surface area contributed by atoms with Crippen LogP contribution in [0.5, 0.6) is 0 Å². The zero-order valence-corrected chi connectivity index (χ0v) is 11.5. The van der Waals surface area contributed by atoms with E-state index >= 15 is 0 Å². The van der Waals surface area contributed by atoms with Gasteiger partial charge >= 0.3 is 0 Å². The molecule has 0 spiro atoms. The maximum atomic E-state index is 13.2. The maximum Gasteiger partial charge on any atom is 0.293 e. The lowest BCUT2D eigenvalue weighted by molar-refractivity contribution is -0.384. The normalized spacial score (nSPS) is 10.3. The van der Waals surface area contributed by atoms with Gasteiger partial charge in [0.05, 0.1) is 4.92 Å². The molecule has 0 aliphatic rings. The Kier molecular flexibility index (Phi) is 4.20. The third kappa shape index (κ3) is 2.88. The smallest absolute Gasteiger partial charge is 0.293 e. The van der Waals surface area contributed by atoms with Crippen LogP contribution in [0.3, 0.4) is 0 Å². The summed E-state index contributed by atoms with van der Waals surface area (Å²) in [4.78, 5) is 12.3. The average molecular weight is 295 g/mol. The van der Waals surface area contributed by atoms with E-state index in [1.165, 1.54) is 18.2 Å². The standard InChI is InChI=1S/C14H12ClFN2O2/c1-17(12-4-2-3-11(16)8-12)13-6-5-10(9-15)7-14(13)18(19)20/h2-8H,9H2,1H3. The molecule has 0 fully saturated rings. The van der Waals surface area contributed by atoms with Crippen molar-refractivity contribution in [3.63, 3.8) is 0 Å². The lowest BCUT2D eigenvalue weighted by Gasteiger charge is -2.19. The fraction of sp³-hybridized carbons (Fsp3) is 0.143. The van der Waals surface area contributed by atoms with Gasteiger partial charge in [-0.1, -0.05) is 12.1 Å². The number of rotatable bonds is 4. The molecule has 0 heterocycles. The Morgan fingerprint density at radius 1 is 1.30 bits per heavy atom. The minimum Gasteiger partial charge on any atom is -0.339 e. The monoisotopic (exact) mass is 294 g/mol. The van der Waals surface area contributed by atoms with Gasteiger partial charge in [-0.3, -0.25) is 10.1 Å². The maximum absolute atomic E-state index is 13.2. The van der Waals surface area contributed by atoms with Crippen LogP contribution in [0, 0.1) is 15.9 Å². The zero-order valence-electron chi connectivity index (χ0n) is 10.7. The number of nitro groups is 1. The number of hydrogen-bond acceptors (Lipinski definition) is 3. The van der Waals surface area contributed by atoms with Crippen molar-refractivity contribution in [1.29, 1.82) is 0 Å². The van der Waals surface area contributed by atoms with Gasteiger partial charge in [0.1, 0.15) is 11.5 Å². The van der Waals surface area contributed by atoms with Crippen molar-refractivity contribution >= 4 is 28.7 Å². The Balaban J connectivity index is 2.48. The number of halogens is 2. The van der Waals surface area contributed by atoms with E-state index in [1.807, 2.05) is 0 Å². The molecular weight excluding hydrogens is 283 g/mol. The molecule has 6 heteroatoms. The highest BCUT2D eigenvalue weighted by Gasteiger charge is 2.19. The molecule has 0 saturated heterocycles. The molecule has 0 aliphatic heterocycles. The van der Waals surface area contributed by atoms with E-state index in [2.05, 4.69) is 0 Å². The molecule has 0 bridgehead atoms. The summed E-state index contributed by atoms with van der Waals surface area (Å²) in [7, 11) is 1.65. The second-order valence-corrected chi connectivity index (χ2v) is 4.52. The molecule has 0 radical (unpaired) electrons. The highest BCUT2D eigenvalue weighted by molar-refractivity contribution is 6.17. The Bertz CT molecular complexity index is 649. The largest absolute Gasteiger partial charge is 0.339 e. The van der Waals surface area contributed by atoms with E-state index in [0.29, 0.717) is 16.9 Å². The summed E-state index contributed by atoms with van der Waals surface area (Å²) in [5, 5.41) is 11.2. The molecule has 2 aromatic rings. The molecule has 0 unspecified atom stereocenters. The van der Waals surface area contributed by atoms with Crippen LogP contribution < -0.4 is 4.90 Å². The first-order chi connectivity index (χ1) is 9.52. The Labute approximate surface area is 120 Å². The Hall–Kier alpha value is -2.14. The van der Waals surface area contributed by atoms with Crippen molar-refractivity contribution in [1.82, 2.24) is 0 Å². The highest BCUT2D eigenvalue weighted by Crippen LogP contribution is 2.33. The van der Waals surface area contributed by atoms with Gasteiger partial charge in [0.15, 0.2) is 0 Å². The van der Waals surface area contributed by atoms with Gasteiger partial charge in [0.2, 0.25) is 0 Å². The van der Waals surface area contributed by atoms with Crippen molar-refractivity contribution in [2.24, 2.45) is 0 Å². The number of benzene rings is 2. The van der Waals surface area contributed by atoms with Gasteiger partial charge < -0.3 is 4.90 Å². The molecular formula is C14H12ClFN2O2. The van der Waals surface area contributed by atoms with Crippen LogP contribution in [0.2, 0.25) is 0 Å². The third-order valence-corrected chi connectivity index (χ3v) is 3.26. The molecule has 0 atom stereocenters. The van der Waals surface area contributed by atoms with Crippen molar-refractivity contribution in [3.8, 4) is 0 Å². The molecule has 20 heavy (non-hydrogen) atoms. The number of hydrogen-bond donors (Lipinski definition) is 0. The number of nitrogens with zero attached hydrogens (tertiary/aromatic N) is 2. The first-order valence-corrected chi connectivity index (χ1v) is 6.39. The fourth-order valence-electron chi connectivity index (χ4n) is 1.91. The fourth-order valence-corrected chi connectivity index (χ4v) is 2.07. The van der Waals surface area contributed by atoms with E-state index in [9.17, 15) is 14.5 Å². The van der Waals surface area contributed by atoms with Crippen molar-refractivity contribution < 1.29 is 9.31 Å². The summed E-state index contributed by atoms with van der Waals surface area (Å²) in [5.74, 6) is -0.195.